The number of carbonyl (C=O) groups excluding carboxylic acids is 3. The van der Waals surface area contributed by atoms with E-state index in [1.54, 1.807) is 11.8 Å². The molecule has 30 heavy (non-hydrogen) atoms. The van der Waals surface area contributed by atoms with Crippen LogP contribution in [0.25, 0.3) is 0 Å². The molecule has 1 aliphatic carbocycles. The number of ether oxygens (including phenoxy) is 1. The maximum atomic E-state index is 12.9. The molecule has 0 spiro atoms. The van der Waals surface area contributed by atoms with Crippen LogP contribution >= 0.6 is 23.5 Å². The van der Waals surface area contributed by atoms with Crippen LogP contribution in [0.2, 0.25) is 0 Å². The molecule has 1 atom stereocenters. The van der Waals surface area contributed by atoms with Crippen LogP contribution < -0.4 is 0 Å². The summed E-state index contributed by atoms with van der Waals surface area (Å²) in [5.41, 5.74) is 0.899. The molecular weight excluding hydrogens is 420 g/mol. The van der Waals surface area contributed by atoms with Gasteiger partial charge in [-0.25, -0.2) is 9.80 Å². The van der Waals surface area contributed by atoms with E-state index in [1.807, 2.05) is 30.3 Å². The molecule has 1 fully saturated rings. The van der Waals surface area contributed by atoms with Crippen LogP contribution in [0.3, 0.4) is 0 Å². The zero-order valence-corrected chi connectivity index (χ0v) is 18.9. The normalized spacial score (nSPS) is 19.8. The third kappa shape index (κ3) is 6.60. The second kappa shape index (κ2) is 11.6. The minimum atomic E-state index is -0.735. The molecule has 162 valence electrons. The summed E-state index contributed by atoms with van der Waals surface area (Å²) in [6, 6.07) is 8.74. The summed E-state index contributed by atoms with van der Waals surface area (Å²) in [6.07, 6.45) is 5.92. The Labute approximate surface area is 186 Å². The largest absolute Gasteiger partial charge is 0.459 e. The van der Waals surface area contributed by atoms with Crippen LogP contribution in [-0.2, 0) is 25.7 Å². The van der Waals surface area contributed by atoms with E-state index in [0.717, 1.165) is 35.2 Å². The summed E-state index contributed by atoms with van der Waals surface area (Å²) in [6.45, 7) is 1.65. The van der Waals surface area contributed by atoms with Gasteiger partial charge in [-0.2, -0.15) is 5.10 Å². The Balaban J connectivity index is 1.69. The second-order valence-electron chi connectivity index (χ2n) is 7.52. The summed E-state index contributed by atoms with van der Waals surface area (Å²) in [5, 5.41) is 6.88. The fourth-order valence-corrected chi connectivity index (χ4v) is 5.39. The molecule has 1 aromatic rings. The molecule has 1 aromatic carbocycles. The monoisotopic (exact) mass is 448 g/mol. The number of thioether (sulfide) groups is 2. The Bertz CT molecular complexity index is 779. The van der Waals surface area contributed by atoms with Gasteiger partial charge in [-0.05, 0) is 18.4 Å². The van der Waals surface area contributed by atoms with Crippen LogP contribution in [-0.4, -0.2) is 44.6 Å². The summed E-state index contributed by atoms with van der Waals surface area (Å²) in [7, 11) is 0. The highest BCUT2D eigenvalue weighted by atomic mass is 32.2. The maximum absolute atomic E-state index is 12.9. The van der Waals surface area contributed by atoms with Gasteiger partial charge in [0, 0.05) is 30.8 Å². The number of benzene rings is 1. The van der Waals surface area contributed by atoms with Gasteiger partial charge in [0.05, 0.1) is 5.04 Å². The van der Waals surface area contributed by atoms with Crippen molar-refractivity contribution in [3.8, 4) is 0 Å². The zero-order valence-electron chi connectivity index (χ0n) is 17.2. The standard InChI is InChI=1S/C22H28N2O4S2/c1-16(25)29-13-12-20(26)24-19(22(27)28-14-17-8-4-2-5-9-17)15-30-21(23-24)18-10-6-3-7-11-18/h2,4-5,8-9,18-19H,3,6-7,10-15H2,1H3. The average Bonchev–Trinajstić information content (AvgIpc) is 2.78. The van der Waals surface area contributed by atoms with Crippen molar-refractivity contribution >= 4 is 45.6 Å². The number of hydrazone groups is 1. The molecule has 0 bridgehead atoms. The number of rotatable bonds is 7. The van der Waals surface area contributed by atoms with Crippen LogP contribution in [0.4, 0.5) is 0 Å². The molecule has 0 radical (unpaired) electrons. The smallest absolute Gasteiger partial charge is 0.332 e. The van der Waals surface area contributed by atoms with Gasteiger partial charge in [0.2, 0.25) is 5.91 Å². The molecule has 3 rings (SSSR count). The highest BCUT2D eigenvalue weighted by Gasteiger charge is 2.37. The predicted molar refractivity (Wildman–Crippen MR) is 121 cm³/mol. The first-order valence-corrected chi connectivity index (χ1v) is 12.4. The third-order valence-electron chi connectivity index (χ3n) is 5.22. The molecule has 0 saturated heterocycles. The number of hydrogen-bond acceptors (Lipinski definition) is 7. The van der Waals surface area contributed by atoms with Crippen molar-refractivity contribution in [2.75, 3.05) is 11.5 Å². The highest BCUT2D eigenvalue weighted by molar-refractivity contribution is 8.14. The average molecular weight is 449 g/mol. The van der Waals surface area contributed by atoms with Crippen LogP contribution in [0, 0.1) is 5.92 Å². The Morgan fingerprint density at radius 1 is 1.17 bits per heavy atom. The van der Waals surface area contributed by atoms with E-state index in [1.165, 1.54) is 31.2 Å². The van der Waals surface area contributed by atoms with Crippen LogP contribution in [0.15, 0.2) is 35.4 Å². The van der Waals surface area contributed by atoms with Crippen molar-refractivity contribution in [3.05, 3.63) is 35.9 Å². The zero-order chi connectivity index (χ0) is 21.3. The van der Waals surface area contributed by atoms with E-state index in [0.29, 0.717) is 17.4 Å². The number of amides is 1. The topological polar surface area (TPSA) is 76.0 Å². The van der Waals surface area contributed by atoms with Gasteiger partial charge in [0.15, 0.2) is 11.2 Å². The van der Waals surface area contributed by atoms with Crippen molar-refractivity contribution in [2.45, 2.75) is 58.1 Å². The summed E-state index contributed by atoms with van der Waals surface area (Å²) >= 11 is 2.69. The van der Waals surface area contributed by atoms with Gasteiger partial charge in [-0.3, -0.25) is 9.59 Å². The van der Waals surface area contributed by atoms with Gasteiger partial charge in [0.25, 0.3) is 0 Å². The van der Waals surface area contributed by atoms with E-state index in [2.05, 4.69) is 5.10 Å². The molecule has 6 nitrogen and oxygen atoms in total. The molecule has 1 heterocycles. The first-order chi connectivity index (χ1) is 14.5. The fourth-order valence-electron chi connectivity index (χ4n) is 3.61. The quantitative estimate of drug-likeness (QED) is 0.581. The minimum Gasteiger partial charge on any atom is -0.459 e. The Morgan fingerprint density at radius 2 is 1.90 bits per heavy atom. The molecule has 2 aliphatic rings. The van der Waals surface area contributed by atoms with Crippen molar-refractivity contribution in [3.63, 3.8) is 0 Å². The molecule has 0 aromatic heterocycles. The number of esters is 1. The second-order valence-corrected chi connectivity index (χ2v) is 9.83. The molecule has 1 aliphatic heterocycles. The van der Waals surface area contributed by atoms with Crippen molar-refractivity contribution < 1.29 is 19.1 Å². The highest BCUT2D eigenvalue weighted by Crippen LogP contribution is 2.33. The summed E-state index contributed by atoms with van der Waals surface area (Å²) < 4.78 is 5.50. The number of carbonyl (C=O) groups is 3. The Hall–Kier alpha value is -1.80. The van der Waals surface area contributed by atoms with Crippen molar-refractivity contribution in [1.82, 2.24) is 5.01 Å². The first kappa shape index (κ1) is 22.9. The van der Waals surface area contributed by atoms with Crippen molar-refractivity contribution in [2.24, 2.45) is 11.0 Å². The molecule has 1 saturated carbocycles. The van der Waals surface area contributed by atoms with E-state index in [4.69, 9.17) is 4.74 Å². The lowest BCUT2D eigenvalue weighted by atomic mass is 9.90. The lowest BCUT2D eigenvalue weighted by Gasteiger charge is -2.33. The Kier molecular flexibility index (Phi) is 8.81. The van der Waals surface area contributed by atoms with Crippen molar-refractivity contribution in [1.29, 1.82) is 0 Å². The number of nitrogens with zero attached hydrogens (tertiary/aromatic N) is 2. The third-order valence-corrected chi connectivity index (χ3v) is 7.23. The maximum Gasteiger partial charge on any atom is 0.332 e. The van der Waals surface area contributed by atoms with Crippen LogP contribution in [0.1, 0.15) is 51.0 Å². The van der Waals surface area contributed by atoms with Gasteiger partial charge < -0.3 is 4.74 Å². The van der Waals surface area contributed by atoms with Gasteiger partial charge in [-0.15, -0.1) is 11.8 Å². The van der Waals surface area contributed by atoms with Crippen LogP contribution in [0.5, 0.6) is 0 Å². The molecule has 8 heteroatoms. The van der Waals surface area contributed by atoms with E-state index in [-0.39, 0.29) is 24.1 Å². The molecular formula is C22H28N2O4S2. The predicted octanol–water partition coefficient (Wildman–Crippen LogP) is 4.24. The van der Waals surface area contributed by atoms with E-state index in [9.17, 15) is 14.4 Å². The van der Waals surface area contributed by atoms with Gasteiger partial charge in [0.1, 0.15) is 6.61 Å². The number of hydrogen-bond donors (Lipinski definition) is 0. The lowest BCUT2D eigenvalue weighted by molar-refractivity contribution is -0.155. The molecule has 1 unspecified atom stereocenters. The summed E-state index contributed by atoms with van der Waals surface area (Å²) in [4.78, 5) is 36.9. The Morgan fingerprint density at radius 3 is 2.60 bits per heavy atom. The lowest BCUT2D eigenvalue weighted by Crippen LogP contribution is -2.48. The molecule has 1 amide bonds. The van der Waals surface area contributed by atoms with Gasteiger partial charge in [-0.1, -0.05) is 61.4 Å². The fraction of sp³-hybridized carbons (Fsp3) is 0.545. The first-order valence-electron chi connectivity index (χ1n) is 10.4. The molecule has 0 N–H and O–H groups in total. The SMILES string of the molecule is CC(=O)SCCC(=O)N1N=C(C2CCCCC2)SCC1C(=O)OCc1ccccc1. The van der Waals surface area contributed by atoms with Gasteiger partial charge >= 0.3 is 5.97 Å². The van der Waals surface area contributed by atoms with E-state index < -0.39 is 12.0 Å². The van der Waals surface area contributed by atoms with E-state index >= 15 is 0 Å². The minimum absolute atomic E-state index is 0.0257. The summed E-state index contributed by atoms with van der Waals surface area (Å²) in [5.74, 6) is 0.531.